The number of ether oxygens (including phenoxy) is 1. The maximum absolute atomic E-state index is 12.7. The molecule has 0 aliphatic heterocycles. The molecule has 0 saturated heterocycles. The lowest BCUT2D eigenvalue weighted by Gasteiger charge is -2.15. The number of benzene rings is 3. The Labute approximate surface area is 161 Å². The molecule has 0 aliphatic carbocycles. The fourth-order valence-corrected chi connectivity index (χ4v) is 3.03. The number of nitrogens with one attached hydrogen (secondary N) is 1. The largest absolute Gasteiger partial charge is 0.491 e. The lowest BCUT2D eigenvalue weighted by Crippen LogP contribution is -2.31. The summed E-state index contributed by atoms with van der Waals surface area (Å²) in [6.45, 7) is 3.40. The minimum absolute atomic E-state index is 0.0170. The van der Waals surface area contributed by atoms with Crippen LogP contribution in [0.5, 0.6) is 5.75 Å². The summed E-state index contributed by atoms with van der Waals surface area (Å²) in [6.07, 6.45) is 0.976. The summed E-state index contributed by atoms with van der Waals surface area (Å²) in [7, 11) is 0. The van der Waals surface area contributed by atoms with E-state index >= 15 is 0 Å². The lowest BCUT2D eigenvalue weighted by molar-refractivity contribution is 0.103. The molecule has 3 aromatic carbocycles. The van der Waals surface area contributed by atoms with Crippen LogP contribution >= 0.6 is 0 Å². The van der Waals surface area contributed by atoms with Gasteiger partial charge >= 0.3 is 0 Å². The molecule has 0 fully saturated rings. The molecule has 138 valence electrons. The van der Waals surface area contributed by atoms with Gasteiger partial charge in [0.1, 0.15) is 12.4 Å². The molecule has 0 aliphatic rings. The average Bonchev–Trinajstić information content (AvgIpc) is 2.72. The van der Waals surface area contributed by atoms with Crippen molar-refractivity contribution in [3.8, 4) is 5.75 Å². The van der Waals surface area contributed by atoms with E-state index in [9.17, 15) is 4.79 Å². The molecule has 1 atom stereocenters. The predicted octanol–water partition coefficient (Wildman–Crippen LogP) is 4.52. The normalized spacial score (nSPS) is 11.7. The van der Waals surface area contributed by atoms with E-state index in [2.05, 4.69) is 36.5 Å². The fraction of sp³-hybridized carbons (Fsp3) is 0.208. The van der Waals surface area contributed by atoms with Crippen molar-refractivity contribution >= 4 is 5.78 Å². The van der Waals surface area contributed by atoms with Gasteiger partial charge in [-0.2, -0.15) is 0 Å². The molecule has 0 amide bonds. The fourth-order valence-electron chi connectivity index (χ4n) is 3.03. The van der Waals surface area contributed by atoms with Gasteiger partial charge < -0.3 is 10.1 Å². The SMILES string of the molecule is CC(Cc1ccccc1)NCCOc1ccccc1C(=O)c1ccccc1. The van der Waals surface area contributed by atoms with Crippen molar-refractivity contribution in [3.05, 3.63) is 102 Å². The number of rotatable bonds is 9. The van der Waals surface area contributed by atoms with Gasteiger partial charge in [0, 0.05) is 18.2 Å². The van der Waals surface area contributed by atoms with Crippen molar-refractivity contribution in [2.45, 2.75) is 19.4 Å². The third-order valence-electron chi connectivity index (χ3n) is 4.40. The van der Waals surface area contributed by atoms with E-state index in [1.54, 1.807) is 0 Å². The maximum atomic E-state index is 12.7. The summed E-state index contributed by atoms with van der Waals surface area (Å²) in [4.78, 5) is 12.7. The van der Waals surface area contributed by atoms with Crippen LogP contribution in [0.1, 0.15) is 28.4 Å². The van der Waals surface area contributed by atoms with E-state index in [4.69, 9.17) is 4.74 Å². The molecule has 0 bridgehead atoms. The molecule has 0 heterocycles. The number of ketones is 1. The predicted molar refractivity (Wildman–Crippen MR) is 109 cm³/mol. The van der Waals surface area contributed by atoms with E-state index in [1.165, 1.54) is 5.56 Å². The van der Waals surface area contributed by atoms with Crippen LogP contribution in [-0.2, 0) is 6.42 Å². The third-order valence-corrected chi connectivity index (χ3v) is 4.40. The Balaban J connectivity index is 1.52. The smallest absolute Gasteiger partial charge is 0.196 e. The molecule has 0 saturated carbocycles. The van der Waals surface area contributed by atoms with Gasteiger partial charge in [-0.05, 0) is 31.0 Å². The highest BCUT2D eigenvalue weighted by Crippen LogP contribution is 2.21. The highest BCUT2D eigenvalue weighted by atomic mass is 16.5. The van der Waals surface area contributed by atoms with Gasteiger partial charge in [0.2, 0.25) is 0 Å². The topological polar surface area (TPSA) is 38.3 Å². The van der Waals surface area contributed by atoms with Gasteiger partial charge in [-0.15, -0.1) is 0 Å². The zero-order valence-electron chi connectivity index (χ0n) is 15.6. The van der Waals surface area contributed by atoms with Crippen LogP contribution in [0.25, 0.3) is 0 Å². The lowest BCUT2D eigenvalue weighted by atomic mass is 10.0. The Bertz CT molecular complexity index is 847. The molecule has 0 radical (unpaired) electrons. The summed E-state index contributed by atoms with van der Waals surface area (Å²) in [5, 5.41) is 3.47. The Hall–Kier alpha value is -2.91. The second kappa shape index (κ2) is 9.70. The van der Waals surface area contributed by atoms with Crippen molar-refractivity contribution in [1.29, 1.82) is 0 Å². The van der Waals surface area contributed by atoms with Gasteiger partial charge in [0.15, 0.2) is 5.78 Å². The van der Waals surface area contributed by atoms with Crippen molar-refractivity contribution in [2.75, 3.05) is 13.2 Å². The van der Waals surface area contributed by atoms with Gasteiger partial charge in [-0.25, -0.2) is 0 Å². The van der Waals surface area contributed by atoms with Crippen molar-refractivity contribution in [2.24, 2.45) is 0 Å². The van der Waals surface area contributed by atoms with E-state index in [1.807, 2.05) is 60.7 Å². The van der Waals surface area contributed by atoms with Crippen LogP contribution in [-0.4, -0.2) is 25.0 Å². The maximum Gasteiger partial charge on any atom is 0.196 e. The van der Waals surface area contributed by atoms with Gasteiger partial charge in [0.05, 0.1) is 5.56 Å². The highest BCUT2D eigenvalue weighted by molar-refractivity contribution is 6.10. The Kier molecular flexibility index (Phi) is 6.78. The summed E-state index contributed by atoms with van der Waals surface area (Å²) in [5.41, 5.74) is 2.58. The number of carbonyl (C=O) groups excluding carboxylic acids is 1. The van der Waals surface area contributed by atoms with Gasteiger partial charge in [-0.1, -0.05) is 72.8 Å². The van der Waals surface area contributed by atoms with Crippen LogP contribution < -0.4 is 10.1 Å². The van der Waals surface area contributed by atoms with Crippen molar-refractivity contribution in [3.63, 3.8) is 0 Å². The summed E-state index contributed by atoms with van der Waals surface area (Å²) in [6, 6.07) is 27.5. The third kappa shape index (κ3) is 5.53. The standard InChI is InChI=1S/C24H25NO2/c1-19(18-20-10-4-2-5-11-20)25-16-17-27-23-15-9-8-14-22(23)24(26)21-12-6-3-7-13-21/h2-15,19,25H,16-18H2,1H3. The summed E-state index contributed by atoms with van der Waals surface area (Å²) >= 11 is 0. The first-order valence-electron chi connectivity index (χ1n) is 9.33. The molecule has 3 rings (SSSR count). The van der Waals surface area contributed by atoms with E-state index in [0.717, 1.165) is 13.0 Å². The average molecular weight is 359 g/mol. The second-order valence-electron chi connectivity index (χ2n) is 6.58. The Morgan fingerprint density at radius 3 is 2.26 bits per heavy atom. The zero-order valence-corrected chi connectivity index (χ0v) is 15.6. The molecule has 27 heavy (non-hydrogen) atoms. The molecule has 1 unspecified atom stereocenters. The van der Waals surface area contributed by atoms with Gasteiger partial charge in [-0.3, -0.25) is 4.79 Å². The molecular formula is C24H25NO2. The van der Waals surface area contributed by atoms with Crippen molar-refractivity contribution in [1.82, 2.24) is 5.32 Å². The van der Waals surface area contributed by atoms with Crippen LogP contribution in [0, 0.1) is 0 Å². The highest BCUT2D eigenvalue weighted by Gasteiger charge is 2.14. The number of hydrogen-bond donors (Lipinski definition) is 1. The number of hydrogen-bond acceptors (Lipinski definition) is 3. The minimum atomic E-state index is -0.0170. The summed E-state index contributed by atoms with van der Waals surface area (Å²) < 4.78 is 5.90. The summed E-state index contributed by atoms with van der Waals surface area (Å²) in [5.74, 6) is 0.612. The number of para-hydroxylation sites is 1. The first-order chi connectivity index (χ1) is 13.2. The Morgan fingerprint density at radius 1 is 0.889 bits per heavy atom. The molecule has 3 nitrogen and oxygen atoms in total. The molecule has 3 aromatic rings. The molecule has 0 spiro atoms. The first kappa shape index (κ1) is 18.9. The first-order valence-corrected chi connectivity index (χ1v) is 9.33. The molecule has 1 N–H and O–H groups in total. The quantitative estimate of drug-likeness (QED) is 0.451. The number of carbonyl (C=O) groups is 1. The minimum Gasteiger partial charge on any atom is -0.491 e. The van der Waals surface area contributed by atoms with E-state index < -0.39 is 0 Å². The van der Waals surface area contributed by atoms with Crippen LogP contribution in [0.2, 0.25) is 0 Å². The molecular weight excluding hydrogens is 334 g/mol. The molecule has 3 heteroatoms. The van der Waals surface area contributed by atoms with Crippen molar-refractivity contribution < 1.29 is 9.53 Å². The Morgan fingerprint density at radius 2 is 1.52 bits per heavy atom. The van der Waals surface area contributed by atoms with Crippen LogP contribution in [0.15, 0.2) is 84.9 Å². The van der Waals surface area contributed by atoms with E-state index in [0.29, 0.717) is 29.5 Å². The van der Waals surface area contributed by atoms with Crippen LogP contribution in [0.3, 0.4) is 0 Å². The van der Waals surface area contributed by atoms with E-state index in [-0.39, 0.29) is 5.78 Å². The molecule has 0 aromatic heterocycles. The monoisotopic (exact) mass is 359 g/mol. The zero-order chi connectivity index (χ0) is 18.9. The van der Waals surface area contributed by atoms with Gasteiger partial charge in [0.25, 0.3) is 0 Å². The second-order valence-corrected chi connectivity index (χ2v) is 6.58. The van der Waals surface area contributed by atoms with Crippen LogP contribution in [0.4, 0.5) is 0 Å².